The number of nitrogens with two attached hydrogens (primary N) is 1. The Kier molecular flexibility index (Phi) is 16.2. The van der Waals surface area contributed by atoms with Gasteiger partial charge in [-0.1, -0.05) is 26.0 Å². The van der Waals surface area contributed by atoms with Crippen molar-refractivity contribution in [3.8, 4) is 5.75 Å². The normalized spacial score (nSPS) is 12.1. The molecule has 14 nitrogen and oxygen atoms in total. The molecule has 0 fully saturated rings. The van der Waals surface area contributed by atoms with Crippen LogP contribution in [0.5, 0.6) is 5.75 Å². The first-order valence-electron chi connectivity index (χ1n) is 13.3. The second kappa shape index (κ2) is 18.7. The molecule has 0 spiro atoms. The number of aliphatic carboxylic acids is 3. The number of carboxylic acid groups (broad SMARTS) is 3. The van der Waals surface area contributed by atoms with E-state index in [2.05, 4.69) is 5.32 Å². The second-order valence-electron chi connectivity index (χ2n) is 10.3. The van der Waals surface area contributed by atoms with E-state index < -0.39 is 37.0 Å². The maximum Gasteiger partial charge on any atom is 0.317 e. The van der Waals surface area contributed by atoms with Crippen LogP contribution < -0.4 is 15.8 Å². The maximum atomic E-state index is 12.7. The zero-order chi connectivity index (χ0) is 30.9. The van der Waals surface area contributed by atoms with E-state index in [-0.39, 0.29) is 51.0 Å². The minimum absolute atomic E-state index is 0.0607. The average molecular weight is 582 g/mol. The van der Waals surface area contributed by atoms with Crippen LogP contribution in [0.3, 0.4) is 0 Å². The van der Waals surface area contributed by atoms with Gasteiger partial charge >= 0.3 is 17.9 Å². The Labute approximate surface area is 240 Å². The number of carbonyl (C=O) groups is 5. The number of ketones is 1. The number of carbonyl (C=O) groups excluding carboxylic acids is 2. The quantitative estimate of drug-likeness (QED) is 0.116. The molecule has 1 atom stereocenters. The fourth-order valence-corrected chi connectivity index (χ4v) is 3.84. The molecular weight excluding hydrogens is 538 g/mol. The van der Waals surface area contributed by atoms with Crippen LogP contribution in [0.1, 0.15) is 25.8 Å². The number of benzene rings is 1. The largest absolute Gasteiger partial charge is 0.486 e. The fraction of sp³-hybridized carbons (Fsp3) is 0.593. The van der Waals surface area contributed by atoms with E-state index >= 15 is 0 Å². The highest BCUT2D eigenvalue weighted by atomic mass is 16.5. The van der Waals surface area contributed by atoms with E-state index in [1.807, 2.05) is 13.8 Å². The SMILES string of the molecule is CC(C)C[C@@H](N)C(=O)COc1ccc(CNC(=O)CN(CCN(C)CC(=O)O)CCN(CC(=O)O)CC(=O)O)cc1. The molecule has 14 heteroatoms. The number of nitrogens with zero attached hydrogens (tertiary/aromatic N) is 3. The molecule has 0 aliphatic heterocycles. The monoisotopic (exact) mass is 581 g/mol. The van der Waals surface area contributed by atoms with Gasteiger partial charge in [0.25, 0.3) is 0 Å². The summed E-state index contributed by atoms with van der Waals surface area (Å²) in [5, 5.41) is 29.9. The Balaban J connectivity index is 2.67. The predicted octanol–water partition coefficient (Wildman–Crippen LogP) is -0.586. The summed E-state index contributed by atoms with van der Waals surface area (Å²) in [4.78, 5) is 62.5. The predicted molar refractivity (Wildman–Crippen MR) is 150 cm³/mol. The number of Topliss-reactive ketones (excluding diaryl/α,β-unsaturated/α-hetero) is 1. The summed E-state index contributed by atoms with van der Waals surface area (Å²) in [6.07, 6.45) is 0.584. The molecular formula is C27H43N5O9. The Morgan fingerprint density at radius 3 is 1.90 bits per heavy atom. The first-order chi connectivity index (χ1) is 19.2. The highest BCUT2D eigenvalue weighted by Crippen LogP contribution is 2.13. The van der Waals surface area contributed by atoms with Crippen LogP contribution in [0.4, 0.5) is 0 Å². The van der Waals surface area contributed by atoms with Crippen molar-refractivity contribution in [3.63, 3.8) is 0 Å². The molecule has 0 saturated carbocycles. The summed E-state index contributed by atoms with van der Waals surface area (Å²) < 4.78 is 5.53. The number of rotatable bonds is 22. The zero-order valence-corrected chi connectivity index (χ0v) is 24.0. The van der Waals surface area contributed by atoms with Crippen LogP contribution >= 0.6 is 0 Å². The third-order valence-corrected chi connectivity index (χ3v) is 5.95. The summed E-state index contributed by atoms with van der Waals surface area (Å²) in [7, 11) is 1.62. The van der Waals surface area contributed by atoms with Gasteiger partial charge < -0.3 is 31.1 Å². The van der Waals surface area contributed by atoms with E-state index in [0.717, 1.165) is 5.56 Å². The van der Waals surface area contributed by atoms with Crippen molar-refractivity contribution in [2.45, 2.75) is 32.9 Å². The van der Waals surface area contributed by atoms with Gasteiger partial charge in [-0.25, -0.2) is 0 Å². The van der Waals surface area contributed by atoms with Gasteiger partial charge in [0.15, 0.2) is 5.78 Å². The van der Waals surface area contributed by atoms with E-state index in [1.165, 1.54) is 4.90 Å². The molecule has 230 valence electrons. The minimum atomic E-state index is -1.17. The van der Waals surface area contributed by atoms with Crippen molar-refractivity contribution >= 4 is 29.6 Å². The van der Waals surface area contributed by atoms with Gasteiger partial charge in [0, 0.05) is 32.7 Å². The molecule has 1 aromatic carbocycles. The number of hydrogen-bond acceptors (Lipinski definition) is 10. The second-order valence-corrected chi connectivity index (χ2v) is 10.3. The van der Waals surface area contributed by atoms with Crippen molar-refractivity contribution in [2.75, 3.05) is 66.0 Å². The molecule has 0 bridgehead atoms. The summed E-state index contributed by atoms with van der Waals surface area (Å²) in [5.74, 6) is -3.04. The van der Waals surface area contributed by atoms with Crippen molar-refractivity contribution in [1.82, 2.24) is 20.0 Å². The van der Waals surface area contributed by atoms with E-state index in [4.69, 9.17) is 25.8 Å². The molecule has 1 aromatic rings. The fourth-order valence-electron chi connectivity index (χ4n) is 3.84. The third-order valence-electron chi connectivity index (χ3n) is 5.95. The van der Waals surface area contributed by atoms with E-state index in [1.54, 1.807) is 41.1 Å². The topological polar surface area (TPSA) is 203 Å². The third kappa shape index (κ3) is 17.0. The Morgan fingerprint density at radius 1 is 0.829 bits per heavy atom. The van der Waals surface area contributed by atoms with Crippen molar-refractivity contribution in [2.24, 2.45) is 11.7 Å². The van der Waals surface area contributed by atoms with Crippen molar-refractivity contribution in [1.29, 1.82) is 0 Å². The summed E-state index contributed by atoms with van der Waals surface area (Å²) in [6, 6.07) is 6.31. The smallest absolute Gasteiger partial charge is 0.317 e. The minimum Gasteiger partial charge on any atom is -0.486 e. The molecule has 0 saturated heterocycles. The van der Waals surface area contributed by atoms with Crippen LogP contribution in [-0.4, -0.2) is 132 Å². The molecule has 6 N–H and O–H groups in total. The zero-order valence-electron chi connectivity index (χ0n) is 24.0. The highest BCUT2D eigenvalue weighted by Gasteiger charge is 2.18. The van der Waals surface area contributed by atoms with Crippen LogP contribution in [0, 0.1) is 5.92 Å². The standard InChI is InChI=1S/C27H43N5O9/c1-19(2)12-22(28)23(33)18-41-21-6-4-20(5-7-21)13-29-24(34)14-31(9-8-30(3)15-25(35)36)10-11-32(16-26(37)38)17-27(39)40/h4-7,19,22H,8-18,28H2,1-3H3,(H,29,34)(H,35,36)(H,37,38)(H,39,40)/t22-/m1/s1. The lowest BCUT2D eigenvalue weighted by Crippen LogP contribution is -2.45. The van der Waals surface area contributed by atoms with Crippen LogP contribution in [-0.2, 0) is 30.5 Å². The number of amides is 1. The molecule has 0 aromatic heterocycles. The summed E-state index contributed by atoms with van der Waals surface area (Å²) in [6.45, 7) is 3.78. The summed E-state index contributed by atoms with van der Waals surface area (Å²) in [5.41, 5.74) is 6.67. The van der Waals surface area contributed by atoms with E-state index in [0.29, 0.717) is 31.2 Å². The molecule has 0 unspecified atom stereocenters. The van der Waals surface area contributed by atoms with E-state index in [9.17, 15) is 24.0 Å². The number of hydrogen-bond donors (Lipinski definition) is 5. The van der Waals surface area contributed by atoms with Gasteiger partial charge in [0.05, 0.1) is 32.2 Å². The lowest BCUT2D eigenvalue weighted by Gasteiger charge is -2.27. The van der Waals surface area contributed by atoms with Crippen LogP contribution in [0.2, 0.25) is 0 Å². The molecule has 0 aliphatic carbocycles. The number of likely N-dealkylation sites (N-methyl/N-ethyl adjacent to an activating group) is 1. The molecule has 0 aliphatic rings. The number of nitrogens with one attached hydrogen (secondary N) is 1. The van der Waals surface area contributed by atoms with Crippen LogP contribution in [0.15, 0.2) is 24.3 Å². The van der Waals surface area contributed by atoms with Crippen molar-refractivity contribution < 1.29 is 44.0 Å². The number of ether oxygens (including phenoxy) is 1. The maximum absolute atomic E-state index is 12.7. The van der Waals surface area contributed by atoms with Crippen molar-refractivity contribution in [3.05, 3.63) is 29.8 Å². The molecule has 0 radical (unpaired) electrons. The van der Waals surface area contributed by atoms with Gasteiger partial charge in [-0.05, 0) is 37.1 Å². The molecule has 1 rings (SSSR count). The van der Waals surface area contributed by atoms with Crippen LogP contribution in [0.25, 0.3) is 0 Å². The first kappa shape index (κ1) is 35.4. The Bertz CT molecular complexity index is 987. The van der Waals surface area contributed by atoms with Gasteiger partial charge in [-0.3, -0.25) is 38.7 Å². The molecule has 41 heavy (non-hydrogen) atoms. The highest BCUT2D eigenvalue weighted by molar-refractivity contribution is 5.85. The Hall–Kier alpha value is -3.59. The lowest BCUT2D eigenvalue weighted by molar-refractivity contribution is -0.142. The van der Waals surface area contributed by atoms with Gasteiger partial charge in [-0.2, -0.15) is 0 Å². The van der Waals surface area contributed by atoms with Gasteiger partial charge in [0.2, 0.25) is 5.91 Å². The molecule has 1 amide bonds. The Morgan fingerprint density at radius 2 is 1.37 bits per heavy atom. The lowest BCUT2D eigenvalue weighted by atomic mass is 10.0. The van der Waals surface area contributed by atoms with Gasteiger partial charge in [0.1, 0.15) is 12.4 Å². The molecule has 0 heterocycles. The average Bonchev–Trinajstić information content (AvgIpc) is 2.86. The first-order valence-corrected chi connectivity index (χ1v) is 13.3. The number of carboxylic acids is 3. The summed E-state index contributed by atoms with van der Waals surface area (Å²) >= 11 is 0. The van der Waals surface area contributed by atoms with Gasteiger partial charge in [-0.15, -0.1) is 0 Å².